The van der Waals surface area contributed by atoms with Crippen LogP contribution in [0.3, 0.4) is 0 Å². The van der Waals surface area contributed by atoms with Gasteiger partial charge in [-0.2, -0.15) is 0 Å². The Morgan fingerprint density at radius 2 is 1.94 bits per heavy atom. The number of hydrogen-bond donors (Lipinski definition) is 3. The van der Waals surface area contributed by atoms with E-state index >= 15 is 0 Å². The number of carbonyl (C=O) groups is 3. The van der Waals surface area contributed by atoms with Gasteiger partial charge in [0.2, 0.25) is 11.8 Å². The third-order valence-corrected chi connectivity index (χ3v) is 9.53. The van der Waals surface area contributed by atoms with Gasteiger partial charge in [-0.3, -0.25) is 14.9 Å². The molecule has 4 rings (SSSR count). The highest BCUT2D eigenvalue weighted by Gasteiger charge is 2.47. The van der Waals surface area contributed by atoms with Crippen LogP contribution >= 0.6 is 11.8 Å². The summed E-state index contributed by atoms with van der Waals surface area (Å²) in [5, 5.41) is 9.07. The number of carbonyl (C=O) groups excluding carboxylic acids is 3. The first-order chi connectivity index (χ1) is 14.8. The fourth-order valence-corrected chi connectivity index (χ4v) is 7.46. The van der Waals surface area contributed by atoms with Gasteiger partial charge in [-0.1, -0.05) is 6.92 Å². The predicted octanol–water partition coefficient (Wildman–Crippen LogP) is 2.36. The zero-order chi connectivity index (χ0) is 22.1. The summed E-state index contributed by atoms with van der Waals surface area (Å²) in [6.45, 7) is 5.43. The van der Waals surface area contributed by atoms with Crippen molar-refractivity contribution in [1.29, 1.82) is 0 Å². The van der Waals surface area contributed by atoms with Crippen molar-refractivity contribution in [3.8, 4) is 0 Å². The van der Waals surface area contributed by atoms with Gasteiger partial charge in [-0.05, 0) is 75.4 Å². The first kappa shape index (κ1) is 22.9. The zero-order valence-corrected chi connectivity index (χ0v) is 19.9. The fraction of sp³-hybridized carbons (Fsp3) is 0.870. The van der Waals surface area contributed by atoms with Crippen molar-refractivity contribution in [3.63, 3.8) is 0 Å². The first-order valence-electron chi connectivity index (χ1n) is 12.1. The van der Waals surface area contributed by atoms with Gasteiger partial charge in [0.25, 0.3) is 0 Å². The number of nitrogens with one attached hydrogen (secondary N) is 3. The maximum Gasteiger partial charge on any atom is 0.321 e. The van der Waals surface area contributed by atoms with Gasteiger partial charge in [-0.25, -0.2) is 4.79 Å². The van der Waals surface area contributed by atoms with E-state index in [1.807, 2.05) is 11.9 Å². The molecule has 174 valence electrons. The highest BCUT2D eigenvalue weighted by molar-refractivity contribution is 8.00. The number of likely N-dealkylation sites (tertiary alicyclic amines) is 1. The van der Waals surface area contributed by atoms with Crippen molar-refractivity contribution in [3.05, 3.63) is 0 Å². The minimum atomic E-state index is -0.381. The number of rotatable bonds is 3. The number of imide groups is 1. The molecule has 0 radical (unpaired) electrons. The summed E-state index contributed by atoms with van der Waals surface area (Å²) in [7, 11) is 1.98. The van der Waals surface area contributed by atoms with Crippen LogP contribution in [-0.4, -0.2) is 65.5 Å². The molecular formula is C23H38N4O3S. The van der Waals surface area contributed by atoms with E-state index in [1.165, 1.54) is 0 Å². The maximum absolute atomic E-state index is 13.3. The molecule has 3 heterocycles. The Hall–Kier alpha value is -1.28. The summed E-state index contributed by atoms with van der Waals surface area (Å²) in [5.41, 5.74) is 0. The third-order valence-electron chi connectivity index (χ3n) is 8.16. The van der Waals surface area contributed by atoms with Gasteiger partial charge >= 0.3 is 6.03 Å². The SMILES string of the molecule is CC1CC2C(CN1)CC(C1CC(NC(=O)NC(=O)C3CCCS3)CCC1C)C(=O)N2C. The van der Waals surface area contributed by atoms with E-state index < -0.39 is 0 Å². The fourth-order valence-electron chi connectivity index (χ4n) is 6.30. The Bertz CT molecular complexity index is 698. The number of thioether (sulfide) groups is 1. The van der Waals surface area contributed by atoms with Crippen LogP contribution in [0.25, 0.3) is 0 Å². The lowest BCUT2D eigenvalue weighted by molar-refractivity contribution is -0.148. The number of hydrogen-bond acceptors (Lipinski definition) is 5. The number of urea groups is 1. The average molecular weight is 451 g/mol. The molecule has 0 aromatic carbocycles. The van der Waals surface area contributed by atoms with Crippen LogP contribution in [0.2, 0.25) is 0 Å². The van der Waals surface area contributed by atoms with Crippen molar-refractivity contribution in [2.75, 3.05) is 19.3 Å². The van der Waals surface area contributed by atoms with E-state index in [2.05, 4.69) is 29.8 Å². The van der Waals surface area contributed by atoms with E-state index in [4.69, 9.17) is 0 Å². The summed E-state index contributed by atoms with van der Waals surface area (Å²) >= 11 is 1.63. The van der Waals surface area contributed by atoms with Crippen molar-refractivity contribution >= 4 is 29.6 Å². The van der Waals surface area contributed by atoms with E-state index in [0.717, 1.165) is 57.2 Å². The molecule has 4 aliphatic rings. The lowest BCUT2D eigenvalue weighted by Crippen LogP contribution is -2.60. The van der Waals surface area contributed by atoms with E-state index in [-0.39, 0.29) is 41.0 Å². The summed E-state index contributed by atoms with van der Waals surface area (Å²) in [6, 6.07) is 0.441. The Labute approximate surface area is 190 Å². The molecule has 3 saturated heterocycles. The van der Waals surface area contributed by atoms with Gasteiger partial charge in [0.05, 0.1) is 5.25 Å². The van der Waals surface area contributed by atoms with Crippen molar-refractivity contribution in [2.24, 2.45) is 23.7 Å². The average Bonchev–Trinajstić information content (AvgIpc) is 3.28. The minimum absolute atomic E-state index is 0.0190. The van der Waals surface area contributed by atoms with Crippen LogP contribution in [0.4, 0.5) is 4.79 Å². The molecule has 8 heteroatoms. The van der Waals surface area contributed by atoms with Crippen LogP contribution in [0.1, 0.15) is 58.8 Å². The second-order valence-corrected chi connectivity index (χ2v) is 11.6. The summed E-state index contributed by atoms with van der Waals surface area (Å²) in [5.74, 6) is 2.38. The van der Waals surface area contributed by atoms with Crippen LogP contribution in [-0.2, 0) is 9.59 Å². The second kappa shape index (κ2) is 9.69. The number of piperidine rings is 2. The topological polar surface area (TPSA) is 90.5 Å². The number of amides is 4. The molecule has 7 nitrogen and oxygen atoms in total. The lowest BCUT2D eigenvalue weighted by Gasteiger charge is -2.50. The molecule has 0 bridgehead atoms. The van der Waals surface area contributed by atoms with E-state index in [9.17, 15) is 14.4 Å². The van der Waals surface area contributed by atoms with Gasteiger partial charge in [0.1, 0.15) is 0 Å². The first-order valence-corrected chi connectivity index (χ1v) is 13.1. The predicted molar refractivity (Wildman–Crippen MR) is 123 cm³/mol. The molecule has 3 aliphatic heterocycles. The summed E-state index contributed by atoms with van der Waals surface area (Å²) in [4.78, 5) is 40.0. The summed E-state index contributed by atoms with van der Waals surface area (Å²) < 4.78 is 0. The smallest absolute Gasteiger partial charge is 0.321 e. The van der Waals surface area contributed by atoms with Crippen LogP contribution in [0, 0.1) is 23.7 Å². The number of nitrogens with zero attached hydrogens (tertiary/aromatic N) is 1. The third kappa shape index (κ3) is 5.05. The van der Waals surface area contributed by atoms with Crippen molar-refractivity contribution in [1.82, 2.24) is 20.9 Å². The highest BCUT2D eigenvalue weighted by Crippen LogP contribution is 2.43. The highest BCUT2D eigenvalue weighted by atomic mass is 32.2. The second-order valence-electron chi connectivity index (χ2n) is 10.3. The van der Waals surface area contributed by atoms with Gasteiger partial charge in [0, 0.05) is 37.6 Å². The normalized spacial score (nSPS) is 40.9. The molecular weight excluding hydrogens is 412 g/mol. The molecule has 4 fully saturated rings. The van der Waals surface area contributed by atoms with Crippen LogP contribution < -0.4 is 16.0 Å². The molecule has 0 spiro atoms. The molecule has 0 aromatic heterocycles. The molecule has 3 N–H and O–H groups in total. The molecule has 8 unspecified atom stereocenters. The Morgan fingerprint density at radius 3 is 2.68 bits per heavy atom. The van der Waals surface area contributed by atoms with Gasteiger partial charge < -0.3 is 15.5 Å². The van der Waals surface area contributed by atoms with Gasteiger partial charge in [-0.15, -0.1) is 11.8 Å². The summed E-state index contributed by atoms with van der Waals surface area (Å²) in [6.07, 6.45) is 6.56. The quantitative estimate of drug-likeness (QED) is 0.614. The maximum atomic E-state index is 13.3. The molecule has 31 heavy (non-hydrogen) atoms. The van der Waals surface area contributed by atoms with Crippen LogP contribution in [0.5, 0.6) is 0 Å². The number of fused-ring (bicyclic) bond motifs is 1. The van der Waals surface area contributed by atoms with Gasteiger partial charge in [0.15, 0.2) is 0 Å². The monoisotopic (exact) mass is 450 g/mol. The molecule has 8 atom stereocenters. The lowest BCUT2D eigenvalue weighted by atomic mass is 9.65. The van der Waals surface area contributed by atoms with E-state index in [1.54, 1.807) is 11.8 Å². The van der Waals surface area contributed by atoms with Crippen molar-refractivity contribution < 1.29 is 14.4 Å². The standard InChI is InChI=1S/C23H38N4O3S/c1-13-6-7-16(25-23(30)26-21(28)20-5-4-8-31-20)11-17(13)18-10-15-12-24-14(2)9-19(15)27(3)22(18)29/h13-20,24H,4-12H2,1-3H3,(H2,25,26,28,30). The van der Waals surface area contributed by atoms with Crippen LogP contribution in [0.15, 0.2) is 0 Å². The Kier molecular flexibility index (Phi) is 7.16. The minimum Gasteiger partial charge on any atom is -0.342 e. The molecule has 1 saturated carbocycles. The largest absolute Gasteiger partial charge is 0.342 e. The molecule has 1 aliphatic carbocycles. The van der Waals surface area contributed by atoms with E-state index in [0.29, 0.717) is 23.9 Å². The molecule has 4 amide bonds. The Morgan fingerprint density at radius 1 is 1.13 bits per heavy atom. The zero-order valence-electron chi connectivity index (χ0n) is 19.1. The molecule has 0 aromatic rings. The Balaban J connectivity index is 1.35. The van der Waals surface area contributed by atoms with Crippen molar-refractivity contribution in [2.45, 2.75) is 82.2 Å².